The molecule has 0 aliphatic carbocycles. The number of ether oxygens (including phenoxy) is 1. The topological polar surface area (TPSA) is 28.9 Å². The van der Waals surface area contributed by atoms with Gasteiger partial charge in [-0.05, 0) is 36.5 Å². The van der Waals surface area contributed by atoms with Crippen LogP contribution >= 0.6 is 23.8 Å². The Balaban J connectivity index is 1.49. The first kappa shape index (κ1) is 18.0. The summed E-state index contributed by atoms with van der Waals surface area (Å²) in [5.41, 5.74) is 2.28. The summed E-state index contributed by atoms with van der Waals surface area (Å²) in [6.45, 7) is 5.09. The zero-order valence-corrected chi connectivity index (χ0v) is 15.9. The van der Waals surface area contributed by atoms with Crippen molar-refractivity contribution >= 4 is 34.6 Å². The first-order valence-electron chi connectivity index (χ1n) is 8.42. The Morgan fingerprint density at radius 1 is 1.20 bits per heavy atom. The third-order valence-corrected chi connectivity index (χ3v) is 5.06. The highest BCUT2D eigenvalue weighted by Crippen LogP contribution is 2.17. The van der Waals surface area contributed by atoms with Crippen LogP contribution < -0.4 is 15.0 Å². The minimum atomic E-state index is 0.777. The standard InChI is InChI=1S/C19H22ClN3OS/c1-24-18-4-2-3-17(13-18)21-19(25)23-11-9-22(10-12-23)14-15-5-7-16(20)8-6-15/h2-8,13H,9-12,14H2,1H3,(H,21,25)/p+1. The molecule has 2 N–H and O–H groups in total. The van der Waals surface area contributed by atoms with Crippen molar-refractivity contribution in [3.8, 4) is 5.75 Å². The molecular formula is C19H23ClN3OS+. The molecule has 1 heterocycles. The molecule has 4 nitrogen and oxygen atoms in total. The van der Waals surface area contributed by atoms with Gasteiger partial charge in [0, 0.05) is 22.3 Å². The fourth-order valence-corrected chi connectivity index (χ4v) is 3.42. The number of anilines is 1. The number of thiocarbonyl (C=S) groups is 1. The van der Waals surface area contributed by atoms with E-state index >= 15 is 0 Å². The molecule has 2 aromatic carbocycles. The summed E-state index contributed by atoms with van der Waals surface area (Å²) in [6, 6.07) is 16.0. The summed E-state index contributed by atoms with van der Waals surface area (Å²) in [5, 5.41) is 4.88. The highest BCUT2D eigenvalue weighted by Gasteiger charge is 2.21. The smallest absolute Gasteiger partial charge is 0.173 e. The first-order chi connectivity index (χ1) is 12.1. The van der Waals surface area contributed by atoms with Gasteiger partial charge in [-0.1, -0.05) is 29.8 Å². The summed E-state index contributed by atoms with van der Waals surface area (Å²) in [4.78, 5) is 3.81. The number of rotatable bonds is 4. The summed E-state index contributed by atoms with van der Waals surface area (Å²) in [5.74, 6) is 0.824. The van der Waals surface area contributed by atoms with Crippen molar-refractivity contribution in [1.29, 1.82) is 0 Å². The van der Waals surface area contributed by atoms with E-state index in [0.29, 0.717) is 0 Å². The SMILES string of the molecule is COc1cccc(NC(=S)N2CC[NH+](Cc3ccc(Cl)cc3)CC2)c1. The third-order valence-electron chi connectivity index (χ3n) is 4.45. The van der Waals surface area contributed by atoms with Crippen LogP contribution in [0.5, 0.6) is 5.75 Å². The predicted molar refractivity (Wildman–Crippen MR) is 107 cm³/mol. The fourth-order valence-electron chi connectivity index (χ4n) is 3.00. The fraction of sp³-hybridized carbons (Fsp3) is 0.316. The van der Waals surface area contributed by atoms with E-state index in [4.69, 9.17) is 28.6 Å². The molecule has 6 heteroatoms. The lowest BCUT2D eigenvalue weighted by molar-refractivity contribution is -0.917. The summed E-state index contributed by atoms with van der Waals surface area (Å²) in [7, 11) is 1.67. The minimum absolute atomic E-state index is 0.777. The molecule has 2 aromatic rings. The Hall–Kier alpha value is -1.82. The second kappa shape index (κ2) is 8.52. The lowest BCUT2D eigenvalue weighted by atomic mass is 10.2. The molecule has 1 aliphatic rings. The second-order valence-electron chi connectivity index (χ2n) is 6.20. The van der Waals surface area contributed by atoms with Crippen LogP contribution in [0.25, 0.3) is 0 Å². The zero-order chi connectivity index (χ0) is 17.6. The van der Waals surface area contributed by atoms with Crippen molar-refractivity contribution in [3.63, 3.8) is 0 Å². The number of benzene rings is 2. The van der Waals surface area contributed by atoms with Crippen LogP contribution in [0.3, 0.4) is 0 Å². The van der Waals surface area contributed by atoms with Gasteiger partial charge in [-0.2, -0.15) is 0 Å². The monoisotopic (exact) mass is 376 g/mol. The summed E-state index contributed by atoms with van der Waals surface area (Å²) < 4.78 is 5.25. The van der Waals surface area contributed by atoms with E-state index in [0.717, 1.165) is 54.3 Å². The Kier molecular flexibility index (Phi) is 6.13. The van der Waals surface area contributed by atoms with Crippen molar-refractivity contribution in [2.45, 2.75) is 6.54 Å². The van der Waals surface area contributed by atoms with E-state index in [1.54, 1.807) is 12.0 Å². The van der Waals surface area contributed by atoms with Crippen LogP contribution in [0, 0.1) is 0 Å². The molecule has 0 atom stereocenters. The molecule has 0 radical (unpaired) electrons. The van der Waals surface area contributed by atoms with Gasteiger partial charge in [0.05, 0.1) is 33.3 Å². The largest absolute Gasteiger partial charge is 0.497 e. The molecule has 1 fully saturated rings. The lowest BCUT2D eigenvalue weighted by Gasteiger charge is -2.34. The Labute approximate surface area is 159 Å². The Bertz CT molecular complexity index is 715. The van der Waals surface area contributed by atoms with Gasteiger partial charge in [-0.3, -0.25) is 0 Å². The van der Waals surface area contributed by atoms with Crippen molar-refractivity contribution < 1.29 is 9.64 Å². The Morgan fingerprint density at radius 3 is 2.60 bits per heavy atom. The molecule has 0 spiro atoms. The van der Waals surface area contributed by atoms with Crippen LogP contribution in [0.15, 0.2) is 48.5 Å². The van der Waals surface area contributed by atoms with Crippen molar-refractivity contribution in [3.05, 3.63) is 59.1 Å². The molecule has 0 aromatic heterocycles. The highest BCUT2D eigenvalue weighted by molar-refractivity contribution is 7.80. The molecule has 1 saturated heterocycles. The van der Waals surface area contributed by atoms with E-state index < -0.39 is 0 Å². The number of piperazine rings is 1. The van der Waals surface area contributed by atoms with Crippen LogP contribution in [-0.4, -0.2) is 43.3 Å². The molecule has 0 bridgehead atoms. The molecule has 132 valence electrons. The number of hydrogen-bond acceptors (Lipinski definition) is 2. The second-order valence-corrected chi connectivity index (χ2v) is 7.03. The van der Waals surface area contributed by atoms with Gasteiger partial charge in [0.25, 0.3) is 0 Å². The van der Waals surface area contributed by atoms with E-state index in [1.807, 2.05) is 36.4 Å². The molecule has 0 saturated carbocycles. The van der Waals surface area contributed by atoms with Crippen molar-refractivity contribution in [1.82, 2.24) is 4.90 Å². The van der Waals surface area contributed by atoms with Gasteiger partial charge in [0.15, 0.2) is 5.11 Å². The van der Waals surface area contributed by atoms with Crippen molar-refractivity contribution in [2.24, 2.45) is 0 Å². The molecule has 0 unspecified atom stereocenters. The van der Waals surface area contributed by atoms with E-state index in [2.05, 4.69) is 22.3 Å². The van der Waals surface area contributed by atoms with Gasteiger partial charge in [0.2, 0.25) is 0 Å². The molecule has 1 aliphatic heterocycles. The van der Waals surface area contributed by atoms with E-state index in [9.17, 15) is 0 Å². The van der Waals surface area contributed by atoms with Gasteiger partial charge >= 0.3 is 0 Å². The average molecular weight is 377 g/mol. The van der Waals surface area contributed by atoms with Gasteiger partial charge < -0.3 is 19.9 Å². The lowest BCUT2D eigenvalue weighted by Crippen LogP contribution is -3.13. The minimum Gasteiger partial charge on any atom is -0.497 e. The quantitative estimate of drug-likeness (QED) is 0.802. The number of quaternary nitrogens is 1. The number of halogens is 1. The Morgan fingerprint density at radius 2 is 1.92 bits per heavy atom. The van der Waals surface area contributed by atoms with E-state index in [1.165, 1.54) is 5.56 Å². The third kappa shape index (κ3) is 5.08. The maximum absolute atomic E-state index is 5.95. The average Bonchev–Trinajstić information content (AvgIpc) is 2.64. The molecule has 3 rings (SSSR count). The van der Waals surface area contributed by atoms with Gasteiger partial charge in [-0.25, -0.2) is 0 Å². The highest BCUT2D eigenvalue weighted by atomic mass is 35.5. The van der Waals surface area contributed by atoms with Crippen LogP contribution in [0.2, 0.25) is 5.02 Å². The number of methoxy groups -OCH3 is 1. The predicted octanol–water partition coefficient (Wildman–Crippen LogP) is 2.45. The van der Waals surface area contributed by atoms with Gasteiger partial charge in [-0.15, -0.1) is 0 Å². The maximum Gasteiger partial charge on any atom is 0.173 e. The zero-order valence-electron chi connectivity index (χ0n) is 14.3. The summed E-state index contributed by atoms with van der Waals surface area (Å²) in [6.07, 6.45) is 0. The molecule has 25 heavy (non-hydrogen) atoms. The maximum atomic E-state index is 5.95. The molecular weight excluding hydrogens is 354 g/mol. The van der Waals surface area contributed by atoms with Gasteiger partial charge in [0.1, 0.15) is 12.3 Å². The number of nitrogens with one attached hydrogen (secondary N) is 2. The summed E-state index contributed by atoms with van der Waals surface area (Å²) >= 11 is 11.5. The number of nitrogens with zero attached hydrogens (tertiary/aromatic N) is 1. The van der Waals surface area contributed by atoms with E-state index in [-0.39, 0.29) is 0 Å². The van der Waals surface area contributed by atoms with Crippen LogP contribution in [-0.2, 0) is 6.54 Å². The van der Waals surface area contributed by atoms with Crippen LogP contribution in [0.4, 0.5) is 5.69 Å². The van der Waals surface area contributed by atoms with Crippen LogP contribution in [0.1, 0.15) is 5.56 Å². The van der Waals surface area contributed by atoms with Crippen molar-refractivity contribution in [2.75, 3.05) is 38.6 Å². The first-order valence-corrected chi connectivity index (χ1v) is 9.20. The number of hydrogen-bond donors (Lipinski definition) is 2. The normalized spacial score (nSPS) is 15.0. The molecule has 0 amide bonds.